The molecule has 0 saturated heterocycles. The molecule has 5 heteroatoms. The summed E-state index contributed by atoms with van der Waals surface area (Å²) in [6.45, 7) is 5.42. The molecule has 0 amide bonds. The lowest BCUT2D eigenvalue weighted by atomic mass is 10.1. The van der Waals surface area contributed by atoms with E-state index in [1.54, 1.807) is 0 Å². The van der Waals surface area contributed by atoms with Crippen molar-refractivity contribution in [1.82, 2.24) is 4.98 Å². The Kier molecular flexibility index (Phi) is 5.09. The predicted octanol–water partition coefficient (Wildman–Crippen LogP) is 2.73. The van der Waals surface area contributed by atoms with Gasteiger partial charge in [-0.1, -0.05) is 30.4 Å². The van der Waals surface area contributed by atoms with Gasteiger partial charge in [-0.25, -0.2) is 4.98 Å². The monoisotopic (exact) mass is 303 g/mol. The topological polar surface area (TPSA) is 51.4 Å². The smallest absolute Gasteiger partial charge is 0.139 e. The molecule has 21 heavy (non-hydrogen) atoms. The van der Waals surface area contributed by atoms with Crippen LogP contribution < -0.4 is 10.6 Å². The fraction of sp³-hybridized carbons (Fsp3) is 0.375. The number of likely N-dealkylation sites (N-methyl/N-ethyl adjacent to an activating group) is 1. The molecule has 4 nitrogen and oxygen atoms in total. The summed E-state index contributed by atoms with van der Waals surface area (Å²) in [5.74, 6) is 0.800. The third-order valence-electron chi connectivity index (χ3n) is 3.21. The second kappa shape index (κ2) is 6.83. The summed E-state index contributed by atoms with van der Waals surface area (Å²) in [5.41, 5.74) is 7.59. The van der Waals surface area contributed by atoms with E-state index < -0.39 is 0 Å². The molecule has 2 N–H and O–H groups in total. The minimum Gasteiger partial charge on any atom is -0.389 e. The van der Waals surface area contributed by atoms with E-state index >= 15 is 0 Å². The number of benzene rings is 1. The van der Waals surface area contributed by atoms with Crippen molar-refractivity contribution in [2.75, 3.05) is 25.1 Å². The number of hydrogen-bond donors (Lipinski definition) is 1. The van der Waals surface area contributed by atoms with Gasteiger partial charge in [0.05, 0.1) is 23.8 Å². The number of nitrogens with zero attached hydrogens (tertiary/aromatic N) is 2. The Hall–Kier alpha value is -1.72. The molecule has 2 rings (SSSR count). The standard InChI is InChI=1S/C16H21N3OS/c1-11(2)20-9-8-19(3)16-13(15(17)21)10-12-6-4-5-7-14(12)18-16/h4-7,10-11H,8-9H2,1-3H3,(H2,17,21). The number of hydrogen-bond acceptors (Lipinski definition) is 4. The normalized spacial score (nSPS) is 11.0. The van der Waals surface area contributed by atoms with Crippen LogP contribution in [0.1, 0.15) is 19.4 Å². The maximum atomic E-state index is 5.85. The maximum Gasteiger partial charge on any atom is 0.139 e. The van der Waals surface area contributed by atoms with Crippen LogP contribution in [0.4, 0.5) is 5.82 Å². The first-order chi connectivity index (χ1) is 9.99. The van der Waals surface area contributed by atoms with Crippen LogP contribution in [0.15, 0.2) is 30.3 Å². The van der Waals surface area contributed by atoms with Crippen LogP contribution in [-0.4, -0.2) is 36.3 Å². The van der Waals surface area contributed by atoms with Gasteiger partial charge < -0.3 is 15.4 Å². The Balaban J connectivity index is 2.31. The van der Waals surface area contributed by atoms with E-state index in [1.807, 2.05) is 56.1 Å². The van der Waals surface area contributed by atoms with Crippen LogP contribution >= 0.6 is 12.2 Å². The average molecular weight is 303 g/mol. The summed E-state index contributed by atoms with van der Waals surface area (Å²) in [6.07, 6.45) is 0.220. The molecule has 1 aromatic heterocycles. The fourth-order valence-corrected chi connectivity index (χ4v) is 2.26. The van der Waals surface area contributed by atoms with Gasteiger partial charge in [-0.15, -0.1) is 0 Å². The van der Waals surface area contributed by atoms with Gasteiger partial charge in [-0.3, -0.25) is 0 Å². The highest BCUT2D eigenvalue weighted by Crippen LogP contribution is 2.22. The van der Waals surface area contributed by atoms with Crippen LogP contribution in [0.3, 0.4) is 0 Å². The number of ether oxygens (including phenoxy) is 1. The quantitative estimate of drug-likeness (QED) is 0.832. The third-order valence-corrected chi connectivity index (χ3v) is 3.43. The number of para-hydroxylation sites is 1. The van der Waals surface area contributed by atoms with Crippen LogP contribution in [0.2, 0.25) is 0 Å². The van der Waals surface area contributed by atoms with E-state index in [4.69, 9.17) is 27.7 Å². The molecule has 0 unspecified atom stereocenters. The van der Waals surface area contributed by atoms with Gasteiger partial charge in [0.2, 0.25) is 0 Å². The minimum atomic E-state index is 0.220. The molecule has 112 valence electrons. The van der Waals surface area contributed by atoms with Crippen molar-refractivity contribution in [3.8, 4) is 0 Å². The highest BCUT2D eigenvalue weighted by Gasteiger charge is 2.13. The van der Waals surface area contributed by atoms with Crippen molar-refractivity contribution in [1.29, 1.82) is 0 Å². The van der Waals surface area contributed by atoms with Crippen LogP contribution in [0, 0.1) is 0 Å². The van der Waals surface area contributed by atoms with Crippen molar-refractivity contribution in [3.63, 3.8) is 0 Å². The van der Waals surface area contributed by atoms with Crippen LogP contribution in [0.5, 0.6) is 0 Å². The van der Waals surface area contributed by atoms with Gasteiger partial charge in [0.15, 0.2) is 0 Å². The average Bonchev–Trinajstić information content (AvgIpc) is 2.45. The van der Waals surface area contributed by atoms with Gasteiger partial charge in [-0.2, -0.15) is 0 Å². The first-order valence-corrected chi connectivity index (χ1v) is 7.42. The Morgan fingerprint density at radius 3 is 2.76 bits per heavy atom. The highest BCUT2D eigenvalue weighted by molar-refractivity contribution is 7.80. The molecule has 0 fully saturated rings. The van der Waals surface area contributed by atoms with Gasteiger partial charge in [0.1, 0.15) is 10.8 Å². The number of aromatic nitrogens is 1. The SMILES string of the molecule is CC(C)OCCN(C)c1nc2ccccc2cc1C(N)=S. The summed E-state index contributed by atoms with van der Waals surface area (Å²) in [6, 6.07) is 9.95. The van der Waals surface area contributed by atoms with E-state index in [2.05, 4.69) is 0 Å². The van der Waals surface area contributed by atoms with E-state index in [1.165, 1.54) is 0 Å². The molecule has 2 aromatic rings. The van der Waals surface area contributed by atoms with Gasteiger partial charge in [0, 0.05) is 19.0 Å². The minimum absolute atomic E-state index is 0.220. The molecule has 1 aromatic carbocycles. The lowest BCUT2D eigenvalue weighted by molar-refractivity contribution is 0.0845. The Bertz CT molecular complexity index is 642. The number of thiocarbonyl (C=S) groups is 1. The van der Waals surface area contributed by atoms with E-state index in [-0.39, 0.29) is 6.10 Å². The molecule has 0 aliphatic heterocycles. The number of nitrogens with two attached hydrogens (primary N) is 1. The molecule has 0 saturated carbocycles. The predicted molar refractivity (Wildman–Crippen MR) is 92.0 cm³/mol. The third kappa shape index (κ3) is 3.89. The summed E-state index contributed by atoms with van der Waals surface area (Å²) in [4.78, 5) is 7.09. The molecule has 0 bridgehead atoms. The molecule has 0 atom stereocenters. The van der Waals surface area contributed by atoms with Crippen molar-refractivity contribution in [3.05, 3.63) is 35.9 Å². The first-order valence-electron chi connectivity index (χ1n) is 7.01. The number of anilines is 1. The van der Waals surface area contributed by atoms with E-state index in [0.29, 0.717) is 11.6 Å². The second-order valence-electron chi connectivity index (χ2n) is 5.26. The van der Waals surface area contributed by atoms with Crippen molar-refractivity contribution < 1.29 is 4.74 Å². The van der Waals surface area contributed by atoms with Gasteiger partial charge >= 0.3 is 0 Å². The number of pyridine rings is 1. The van der Waals surface area contributed by atoms with Crippen molar-refractivity contribution >= 4 is 33.9 Å². The largest absolute Gasteiger partial charge is 0.389 e. The van der Waals surface area contributed by atoms with Crippen molar-refractivity contribution in [2.24, 2.45) is 5.73 Å². The zero-order chi connectivity index (χ0) is 15.4. The number of fused-ring (bicyclic) bond motifs is 1. The Morgan fingerprint density at radius 1 is 1.38 bits per heavy atom. The summed E-state index contributed by atoms with van der Waals surface area (Å²) in [7, 11) is 1.97. The van der Waals surface area contributed by atoms with Gasteiger partial charge in [-0.05, 0) is 26.0 Å². The molecule has 0 aliphatic carbocycles. The van der Waals surface area contributed by atoms with Gasteiger partial charge in [0.25, 0.3) is 0 Å². The Morgan fingerprint density at radius 2 is 2.10 bits per heavy atom. The highest BCUT2D eigenvalue weighted by atomic mass is 32.1. The summed E-state index contributed by atoms with van der Waals surface area (Å²) in [5, 5.41) is 1.04. The molecule has 1 heterocycles. The molecule has 0 aliphatic rings. The first kappa shape index (κ1) is 15.7. The molecular formula is C16H21N3OS. The number of rotatable bonds is 6. The maximum absolute atomic E-state index is 5.85. The van der Waals surface area contributed by atoms with Crippen LogP contribution in [-0.2, 0) is 4.74 Å². The zero-order valence-electron chi connectivity index (χ0n) is 12.7. The second-order valence-corrected chi connectivity index (χ2v) is 5.70. The summed E-state index contributed by atoms with van der Waals surface area (Å²) >= 11 is 5.17. The Labute approximate surface area is 130 Å². The molecular weight excluding hydrogens is 282 g/mol. The van der Waals surface area contributed by atoms with Crippen LogP contribution in [0.25, 0.3) is 10.9 Å². The molecule has 0 spiro atoms. The van der Waals surface area contributed by atoms with E-state index in [9.17, 15) is 0 Å². The fourth-order valence-electron chi connectivity index (χ4n) is 2.11. The lowest BCUT2D eigenvalue weighted by Gasteiger charge is -2.22. The lowest BCUT2D eigenvalue weighted by Crippen LogP contribution is -2.27. The van der Waals surface area contributed by atoms with E-state index in [0.717, 1.165) is 28.8 Å². The summed E-state index contributed by atoms with van der Waals surface area (Å²) < 4.78 is 5.59. The van der Waals surface area contributed by atoms with Crippen molar-refractivity contribution in [2.45, 2.75) is 20.0 Å². The molecule has 0 radical (unpaired) electrons. The zero-order valence-corrected chi connectivity index (χ0v) is 13.5.